The van der Waals surface area contributed by atoms with Gasteiger partial charge in [-0.2, -0.15) is 0 Å². The van der Waals surface area contributed by atoms with Crippen molar-refractivity contribution in [1.29, 1.82) is 0 Å². The van der Waals surface area contributed by atoms with Crippen molar-refractivity contribution in [2.75, 3.05) is 6.61 Å². The van der Waals surface area contributed by atoms with Crippen LogP contribution in [0.25, 0.3) is 16.6 Å². The second kappa shape index (κ2) is 7.11. The van der Waals surface area contributed by atoms with Crippen molar-refractivity contribution in [1.82, 2.24) is 19.9 Å². The van der Waals surface area contributed by atoms with Crippen molar-refractivity contribution in [3.05, 3.63) is 59.9 Å². The zero-order valence-electron chi connectivity index (χ0n) is 15.0. The summed E-state index contributed by atoms with van der Waals surface area (Å²) < 4.78 is 7.54. The minimum absolute atomic E-state index is 0.0568. The summed E-state index contributed by atoms with van der Waals surface area (Å²) in [5.41, 5.74) is 2.70. The summed E-state index contributed by atoms with van der Waals surface area (Å²) >= 11 is 0. The second-order valence-electron chi connectivity index (χ2n) is 6.25. The molecule has 0 radical (unpaired) electrons. The SMILES string of the molecule is CCOc1ccccc1CNC(=O)C1=C(O)CCn2c1nc1cnccc12. The van der Waals surface area contributed by atoms with Crippen LogP contribution in [-0.4, -0.2) is 32.2 Å². The van der Waals surface area contributed by atoms with Gasteiger partial charge < -0.3 is 19.7 Å². The number of hydrogen-bond acceptors (Lipinski definition) is 5. The highest BCUT2D eigenvalue weighted by Gasteiger charge is 2.28. The van der Waals surface area contributed by atoms with E-state index in [4.69, 9.17) is 4.74 Å². The smallest absolute Gasteiger partial charge is 0.258 e. The standard InChI is InChI=1S/C20H20N4O3/c1-2-27-17-6-4-3-5-13(17)11-22-20(26)18-16(25)8-10-24-15-7-9-21-12-14(15)23-19(18)24/h3-7,9,12,25H,2,8,10-11H2,1H3,(H,22,26). The molecular weight excluding hydrogens is 344 g/mol. The van der Waals surface area contributed by atoms with Crippen molar-refractivity contribution >= 4 is 22.5 Å². The number of aryl methyl sites for hydroxylation is 1. The topological polar surface area (TPSA) is 89.3 Å². The minimum Gasteiger partial charge on any atom is -0.511 e. The first-order valence-corrected chi connectivity index (χ1v) is 8.90. The predicted octanol–water partition coefficient (Wildman–Crippen LogP) is 2.82. The van der Waals surface area contributed by atoms with E-state index in [-0.39, 0.29) is 17.2 Å². The number of benzene rings is 1. The van der Waals surface area contributed by atoms with Gasteiger partial charge in [-0.25, -0.2) is 4.98 Å². The molecule has 0 unspecified atom stereocenters. The molecule has 4 rings (SSSR count). The van der Waals surface area contributed by atoms with Gasteiger partial charge in [0.2, 0.25) is 0 Å². The van der Waals surface area contributed by atoms with Crippen LogP contribution in [0.4, 0.5) is 0 Å². The number of aromatic nitrogens is 3. The number of imidazole rings is 1. The van der Waals surface area contributed by atoms with Crippen LogP contribution >= 0.6 is 0 Å². The Labute approximate surface area is 156 Å². The van der Waals surface area contributed by atoms with Crippen LogP contribution < -0.4 is 10.1 Å². The predicted molar refractivity (Wildman–Crippen MR) is 101 cm³/mol. The Bertz CT molecular complexity index is 1040. The summed E-state index contributed by atoms with van der Waals surface area (Å²) in [6, 6.07) is 9.42. The molecule has 1 aliphatic heterocycles. The summed E-state index contributed by atoms with van der Waals surface area (Å²) in [6.45, 7) is 3.34. The van der Waals surface area contributed by atoms with Gasteiger partial charge in [0.1, 0.15) is 28.4 Å². The van der Waals surface area contributed by atoms with Crippen molar-refractivity contribution in [3.63, 3.8) is 0 Å². The average Bonchev–Trinajstić information content (AvgIpc) is 3.05. The minimum atomic E-state index is -0.358. The third kappa shape index (κ3) is 3.12. The highest BCUT2D eigenvalue weighted by molar-refractivity contribution is 6.19. The number of amides is 1. The Kier molecular flexibility index (Phi) is 4.50. The number of para-hydroxylation sites is 1. The maximum Gasteiger partial charge on any atom is 0.258 e. The molecule has 1 aromatic carbocycles. The highest BCUT2D eigenvalue weighted by atomic mass is 16.5. The van der Waals surface area contributed by atoms with Crippen LogP contribution in [0.1, 0.15) is 24.7 Å². The van der Waals surface area contributed by atoms with Crippen molar-refractivity contribution in [3.8, 4) is 5.75 Å². The molecule has 0 spiro atoms. The van der Waals surface area contributed by atoms with E-state index in [1.54, 1.807) is 12.4 Å². The fourth-order valence-electron chi connectivity index (χ4n) is 3.31. The van der Waals surface area contributed by atoms with E-state index in [0.717, 1.165) is 16.8 Å². The van der Waals surface area contributed by atoms with Crippen LogP contribution in [0.3, 0.4) is 0 Å². The Balaban J connectivity index is 1.61. The van der Waals surface area contributed by atoms with Crippen molar-refractivity contribution < 1.29 is 14.6 Å². The number of ether oxygens (including phenoxy) is 1. The van der Waals surface area contributed by atoms with Gasteiger partial charge in [0.05, 0.1) is 18.3 Å². The van der Waals surface area contributed by atoms with Gasteiger partial charge in [-0.05, 0) is 19.1 Å². The molecule has 3 aromatic rings. The largest absolute Gasteiger partial charge is 0.511 e. The summed E-state index contributed by atoms with van der Waals surface area (Å²) in [5.74, 6) is 0.905. The molecule has 2 aromatic heterocycles. The molecule has 0 saturated heterocycles. The number of hydrogen-bond donors (Lipinski definition) is 2. The fourth-order valence-corrected chi connectivity index (χ4v) is 3.31. The lowest BCUT2D eigenvalue weighted by atomic mass is 10.1. The molecule has 0 fully saturated rings. The molecule has 138 valence electrons. The van der Waals surface area contributed by atoms with Gasteiger partial charge in [0.25, 0.3) is 5.91 Å². The third-order valence-electron chi connectivity index (χ3n) is 4.57. The number of aliphatic hydroxyl groups excluding tert-OH is 1. The van der Waals surface area contributed by atoms with E-state index >= 15 is 0 Å². The van der Waals surface area contributed by atoms with E-state index in [1.807, 2.05) is 41.8 Å². The number of aliphatic hydroxyl groups is 1. The number of pyridine rings is 1. The van der Waals surface area contributed by atoms with Crippen LogP contribution in [0.2, 0.25) is 0 Å². The monoisotopic (exact) mass is 364 g/mol. The van der Waals surface area contributed by atoms with Gasteiger partial charge in [-0.1, -0.05) is 18.2 Å². The van der Waals surface area contributed by atoms with Crippen molar-refractivity contribution in [2.45, 2.75) is 26.4 Å². The molecular formula is C20H20N4O3. The third-order valence-corrected chi connectivity index (χ3v) is 4.57. The highest BCUT2D eigenvalue weighted by Crippen LogP contribution is 2.29. The van der Waals surface area contributed by atoms with E-state index < -0.39 is 0 Å². The molecule has 1 amide bonds. The van der Waals surface area contributed by atoms with Gasteiger partial charge in [0.15, 0.2) is 0 Å². The molecule has 7 heteroatoms. The molecule has 0 atom stereocenters. The first-order chi connectivity index (χ1) is 13.2. The van der Waals surface area contributed by atoms with Gasteiger partial charge >= 0.3 is 0 Å². The van der Waals surface area contributed by atoms with Crippen molar-refractivity contribution in [2.24, 2.45) is 0 Å². The summed E-state index contributed by atoms with van der Waals surface area (Å²) in [4.78, 5) is 21.4. The van der Waals surface area contributed by atoms with Gasteiger partial charge in [0, 0.05) is 31.3 Å². The molecule has 1 aliphatic rings. The molecule has 27 heavy (non-hydrogen) atoms. The number of allylic oxidation sites excluding steroid dienone is 1. The normalized spacial score (nSPS) is 13.5. The number of rotatable bonds is 5. The lowest BCUT2D eigenvalue weighted by molar-refractivity contribution is -0.116. The molecule has 7 nitrogen and oxygen atoms in total. The molecule has 3 heterocycles. The van der Waals surface area contributed by atoms with Crippen LogP contribution in [0.15, 0.2) is 48.5 Å². The van der Waals surface area contributed by atoms with E-state index in [0.29, 0.717) is 37.5 Å². The first-order valence-electron chi connectivity index (χ1n) is 8.90. The van der Waals surface area contributed by atoms with Crippen LogP contribution in [0, 0.1) is 0 Å². The maximum atomic E-state index is 12.9. The summed E-state index contributed by atoms with van der Waals surface area (Å²) in [6.07, 6.45) is 3.74. The zero-order valence-corrected chi connectivity index (χ0v) is 15.0. The lowest BCUT2D eigenvalue weighted by Gasteiger charge is -2.19. The Morgan fingerprint density at radius 3 is 3.04 bits per heavy atom. The Morgan fingerprint density at radius 1 is 1.33 bits per heavy atom. The van der Waals surface area contributed by atoms with E-state index in [2.05, 4.69) is 15.3 Å². The number of nitrogens with zero attached hydrogens (tertiary/aromatic N) is 3. The molecule has 0 aliphatic carbocycles. The van der Waals surface area contributed by atoms with Gasteiger partial charge in [-0.3, -0.25) is 9.78 Å². The summed E-state index contributed by atoms with van der Waals surface area (Å²) in [7, 11) is 0. The van der Waals surface area contributed by atoms with Crippen LogP contribution in [-0.2, 0) is 17.9 Å². The Hall–Kier alpha value is -3.35. The molecule has 2 N–H and O–H groups in total. The number of nitrogens with one attached hydrogen (secondary N) is 1. The first kappa shape index (κ1) is 17.1. The zero-order chi connectivity index (χ0) is 18.8. The lowest BCUT2D eigenvalue weighted by Crippen LogP contribution is -2.28. The second-order valence-corrected chi connectivity index (χ2v) is 6.25. The molecule has 0 saturated carbocycles. The number of fused-ring (bicyclic) bond motifs is 3. The number of carbonyl (C=O) groups is 1. The molecule has 0 bridgehead atoms. The summed E-state index contributed by atoms with van der Waals surface area (Å²) in [5, 5.41) is 13.2. The maximum absolute atomic E-state index is 12.9. The van der Waals surface area contributed by atoms with E-state index in [9.17, 15) is 9.90 Å². The quantitative estimate of drug-likeness (QED) is 0.727. The Morgan fingerprint density at radius 2 is 2.19 bits per heavy atom. The van der Waals surface area contributed by atoms with E-state index in [1.165, 1.54) is 0 Å². The van der Waals surface area contributed by atoms with Gasteiger partial charge in [-0.15, -0.1) is 0 Å². The number of carbonyl (C=O) groups excluding carboxylic acids is 1. The average molecular weight is 364 g/mol. The van der Waals surface area contributed by atoms with Crippen LogP contribution in [0.5, 0.6) is 5.75 Å². The fraction of sp³-hybridized carbons (Fsp3) is 0.250.